The number of amidine groups is 1. The van der Waals surface area contributed by atoms with E-state index in [1.54, 1.807) is 30.3 Å². The molecule has 0 saturated heterocycles. The third kappa shape index (κ3) is 6.05. The molecule has 0 spiro atoms. The number of benzene rings is 2. The fourth-order valence-electron chi connectivity index (χ4n) is 2.99. The van der Waals surface area contributed by atoms with E-state index in [0.29, 0.717) is 30.7 Å². The lowest BCUT2D eigenvalue weighted by Crippen LogP contribution is -2.31. The molecular weight excluding hydrogens is 461 g/mol. The van der Waals surface area contributed by atoms with Gasteiger partial charge in [0.05, 0.1) is 21.8 Å². The Morgan fingerprint density at radius 3 is 2.50 bits per heavy atom. The maximum atomic E-state index is 13.2. The predicted octanol–water partition coefficient (Wildman–Crippen LogP) is 5.58. The highest BCUT2D eigenvalue weighted by Crippen LogP contribution is 2.28. The van der Waals surface area contributed by atoms with Gasteiger partial charge in [-0.05, 0) is 49.2 Å². The molecule has 3 rings (SSSR count). The van der Waals surface area contributed by atoms with E-state index < -0.39 is 18.6 Å². The van der Waals surface area contributed by atoms with Crippen molar-refractivity contribution in [1.29, 1.82) is 5.41 Å². The van der Waals surface area contributed by atoms with Gasteiger partial charge in [0.2, 0.25) is 5.89 Å². The van der Waals surface area contributed by atoms with E-state index in [1.165, 1.54) is 18.3 Å². The van der Waals surface area contributed by atoms with Gasteiger partial charge in [0.15, 0.2) is 5.76 Å². The maximum Gasteiger partial charge on any atom is 0.254 e. The summed E-state index contributed by atoms with van der Waals surface area (Å²) in [5.74, 6) is -0.449. The molecule has 0 fully saturated rings. The van der Waals surface area contributed by atoms with Crippen LogP contribution < -0.4 is 10.6 Å². The molecular formula is C22H20Cl2F2N4O2. The number of oxazole rings is 1. The van der Waals surface area contributed by atoms with Crippen LogP contribution in [0.4, 0.5) is 8.78 Å². The van der Waals surface area contributed by atoms with Crippen LogP contribution in [0.3, 0.4) is 0 Å². The van der Waals surface area contributed by atoms with Crippen molar-refractivity contribution in [3.8, 4) is 11.3 Å². The SMILES string of the molecule is N=C(CF)NCCCC(NC(=O)c1c(Cl)cccc1Cl)c1ncc(-c2ccc(F)cc2)o1. The number of carbonyl (C=O) groups excluding carboxylic acids is 1. The summed E-state index contributed by atoms with van der Waals surface area (Å²) in [7, 11) is 0. The van der Waals surface area contributed by atoms with Crippen molar-refractivity contribution in [1.82, 2.24) is 15.6 Å². The predicted molar refractivity (Wildman–Crippen MR) is 120 cm³/mol. The summed E-state index contributed by atoms with van der Waals surface area (Å²) in [6, 6.07) is 9.83. The van der Waals surface area contributed by atoms with Gasteiger partial charge in [0.1, 0.15) is 24.4 Å². The van der Waals surface area contributed by atoms with Gasteiger partial charge in [-0.3, -0.25) is 10.2 Å². The van der Waals surface area contributed by atoms with Gasteiger partial charge in [0.25, 0.3) is 5.91 Å². The maximum absolute atomic E-state index is 13.2. The molecule has 1 atom stereocenters. The number of hydrogen-bond acceptors (Lipinski definition) is 4. The first kappa shape index (κ1) is 23.7. The van der Waals surface area contributed by atoms with Gasteiger partial charge in [-0.25, -0.2) is 13.8 Å². The second-order valence-corrected chi connectivity index (χ2v) is 7.69. The number of nitrogens with zero attached hydrogens (tertiary/aromatic N) is 1. The minimum atomic E-state index is -0.883. The molecule has 1 amide bonds. The minimum Gasteiger partial charge on any atom is -0.438 e. The third-order valence-corrected chi connectivity index (χ3v) is 5.22. The molecule has 6 nitrogen and oxygen atoms in total. The number of nitrogens with one attached hydrogen (secondary N) is 3. The van der Waals surface area contributed by atoms with E-state index >= 15 is 0 Å². The molecule has 168 valence electrons. The number of aromatic nitrogens is 1. The number of alkyl halides is 1. The second-order valence-electron chi connectivity index (χ2n) is 6.87. The Morgan fingerprint density at radius 1 is 1.16 bits per heavy atom. The Kier molecular flexibility index (Phi) is 8.19. The molecule has 0 aliphatic rings. The highest BCUT2D eigenvalue weighted by atomic mass is 35.5. The second kappa shape index (κ2) is 11.1. The number of rotatable bonds is 9. The molecule has 3 aromatic rings. The summed E-state index contributed by atoms with van der Waals surface area (Å²) in [6.07, 6.45) is 2.35. The van der Waals surface area contributed by atoms with Crippen molar-refractivity contribution in [2.75, 3.05) is 13.2 Å². The molecule has 1 aromatic heterocycles. The Labute approximate surface area is 193 Å². The monoisotopic (exact) mass is 480 g/mol. The molecule has 32 heavy (non-hydrogen) atoms. The van der Waals surface area contributed by atoms with Crippen LogP contribution in [0.2, 0.25) is 10.0 Å². The lowest BCUT2D eigenvalue weighted by Gasteiger charge is -2.17. The Balaban J connectivity index is 1.80. The van der Waals surface area contributed by atoms with Crippen LogP contribution in [0.15, 0.2) is 53.1 Å². The van der Waals surface area contributed by atoms with Crippen LogP contribution in [0.1, 0.15) is 35.1 Å². The topological polar surface area (TPSA) is 91.0 Å². The van der Waals surface area contributed by atoms with E-state index in [2.05, 4.69) is 15.6 Å². The quantitative estimate of drug-likeness (QED) is 0.212. The van der Waals surface area contributed by atoms with Crippen LogP contribution in [0.5, 0.6) is 0 Å². The van der Waals surface area contributed by atoms with E-state index in [0.717, 1.165) is 0 Å². The third-order valence-electron chi connectivity index (χ3n) is 4.59. The van der Waals surface area contributed by atoms with E-state index in [-0.39, 0.29) is 33.2 Å². The summed E-state index contributed by atoms with van der Waals surface area (Å²) in [5.41, 5.74) is 0.755. The summed E-state index contributed by atoms with van der Waals surface area (Å²) < 4.78 is 31.5. The Morgan fingerprint density at radius 2 is 1.84 bits per heavy atom. The van der Waals surface area contributed by atoms with Crippen molar-refractivity contribution in [2.24, 2.45) is 0 Å². The van der Waals surface area contributed by atoms with Crippen LogP contribution in [0.25, 0.3) is 11.3 Å². The van der Waals surface area contributed by atoms with Crippen molar-refractivity contribution >= 4 is 34.9 Å². The van der Waals surface area contributed by atoms with Crippen LogP contribution in [-0.4, -0.2) is 29.9 Å². The van der Waals surface area contributed by atoms with Gasteiger partial charge < -0.3 is 15.1 Å². The zero-order valence-corrected chi connectivity index (χ0v) is 18.3. The highest BCUT2D eigenvalue weighted by molar-refractivity contribution is 6.39. The fraction of sp³-hybridized carbons (Fsp3) is 0.227. The number of carbonyl (C=O) groups is 1. The molecule has 1 heterocycles. The molecule has 0 aliphatic carbocycles. The first-order valence-corrected chi connectivity index (χ1v) is 10.5. The average Bonchev–Trinajstić information content (AvgIpc) is 3.26. The van der Waals surface area contributed by atoms with E-state index in [4.69, 9.17) is 33.0 Å². The molecule has 0 radical (unpaired) electrons. The van der Waals surface area contributed by atoms with Gasteiger partial charge in [0, 0.05) is 12.1 Å². The molecule has 0 aliphatic heterocycles. The van der Waals surface area contributed by atoms with Crippen molar-refractivity contribution in [2.45, 2.75) is 18.9 Å². The lowest BCUT2D eigenvalue weighted by molar-refractivity contribution is 0.0927. The van der Waals surface area contributed by atoms with E-state index in [9.17, 15) is 13.6 Å². The molecule has 0 saturated carbocycles. The van der Waals surface area contributed by atoms with Crippen molar-refractivity contribution < 1.29 is 18.0 Å². The first-order chi connectivity index (χ1) is 15.4. The highest BCUT2D eigenvalue weighted by Gasteiger charge is 2.23. The summed E-state index contributed by atoms with van der Waals surface area (Å²) in [4.78, 5) is 17.2. The van der Waals surface area contributed by atoms with Gasteiger partial charge >= 0.3 is 0 Å². The van der Waals surface area contributed by atoms with Crippen molar-refractivity contribution in [3.05, 3.63) is 76.0 Å². The summed E-state index contributed by atoms with van der Waals surface area (Å²) >= 11 is 12.3. The van der Waals surface area contributed by atoms with Gasteiger partial charge in [-0.1, -0.05) is 29.3 Å². The largest absolute Gasteiger partial charge is 0.438 e. The molecule has 2 aromatic carbocycles. The molecule has 3 N–H and O–H groups in total. The number of halogens is 4. The zero-order chi connectivity index (χ0) is 23.1. The standard InChI is InChI=1S/C22H20Cl2F2N4O2/c23-15-3-1-4-16(24)20(15)21(31)30-17(5-2-10-28-19(27)11-25)22-29-12-18(32-22)13-6-8-14(26)9-7-13/h1,3-4,6-9,12,17H,2,5,10-11H2,(H2,27,28)(H,30,31). The average molecular weight is 481 g/mol. The smallest absolute Gasteiger partial charge is 0.254 e. The first-order valence-electron chi connectivity index (χ1n) is 9.73. The zero-order valence-electron chi connectivity index (χ0n) is 16.8. The van der Waals surface area contributed by atoms with Crippen LogP contribution in [-0.2, 0) is 0 Å². The summed E-state index contributed by atoms with van der Waals surface area (Å²) in [5, 5.41) is 13.2. The number of amides is 1. The van der Waals surface area contributed by atoms with E-state index in [1.807, 2.05) is 0 Å². The van der Waals surface area contributed by atoms with Crippen LogP contribution in [0, 0.1) is 11.2 Å². The number of hydrogen-bond donors (Lipinski definition) is 3. The van der Waals surface area contributed by atoms with Crippen LogP contribution >= 0.6 is 23.2 Å². The Bertz CT molecular complexity index is 1070. The fourth-order valence-corrected chi connectivity index (χ4v) is 3.56. The molecule has 1 unspecified atom stereocenters. The minimum absolute atomic E-state index is 0.128. The van der Waals surface area contributed by atoms with Gasteiger partial charge in [-0.15, -0.1) is 0 Å². The lowest BCUT2D eigenvalue weighted by atomic mass is 10.1. The molecule has 0 bridgehead atoms. The molecule has 10 heteroatoms. The normalized spacial score (nSPS) is 11.8. The van der Waals surface area contributed by atoms with Crippen molar-refractivity contribution in [3.63, 3.8) is 0 Å². The Hall–Kier alpha value is -2.97. The van der Waals surface area contributed by atoms with Gasteiger partial charge in [-0.2, -0.15) is 0 Å². The summed E-state index contributed by atoms with van der Waals surface area (Å²) in [6.45, 7) is -0.556.